The molecule has 0 saturated heterocycles. The van der Waals surface area contributed by atoms with Crippen LogP contribution in [0.1, 0.15) is 45.2 Å². The summed E-state index contributed by atoms with van der Waals surface area (Å²) in [5.41, 5.74) is 0.851. The zero-order valence-electron chi connectivity index (χ0n) is 12.3. The summed E-state index contributed by atoms with van der Waals surface area (Å²) in [6, 6.07) is 1.80. The van der Waals surface area contributed by atoms with Crippen molar-refractivity contribution in [3.05, 3.63) is 11.8 Å². The average Bonchev–Trinajstić information content (AvgIpc) is 2.31. The summed E-state index contributed by atoms with van der Waals surface area (Å²) in [4.78, 5) is 18.9. The standard InChI is InChI=1S/C14H23N3O3/c1-10(2)20-12-9-11(3)16-14(17-12)15-8-6-4-5-7-13(18)19/h9-10H,4-8H2,1-3H3,(H,18,19)(H,15,16,17). The first-order valence-electron chi connectivity index (χ1n) is 6.95. The van der Waals surface area contributed by atoms with Crippen LogP contribution in [0.2, 0.25) is 0 Å². The second-order valence-corrected chi connectivity index (χ2v) is 4.97. The van der Waals surface area contributed by atoms with E-state index in [4.69, 9.17) is 9.84 Å². The second-order valence-electron chi connectivity index (χ2n) is 4.97. The van der Waals surface area contributed by atoms with Gasteiger partial charge in [0.25, 0.3) is 0 Å². The third-order valence-corrected chi connectivity index (χ3v) is 2.54. The molecular formula is C14H23N3O3. The van der Waals surface area contributed by atoms with Crippen molar-refractivity contribution in [2.24, 2.45) is 0 Å². The number of carboxylic acid groups (broad SMARTS) is 1. The Hall–Kier alpha value is -1.85. The van der Waals surface area contributed by atoms with Gasteiger partial charge in [-0.25, -0.2) is 4.98 Å². The Labute approximate surface area is 119 Å². The minimum Gasteiger partial charge on any atom is -0.481 e. The number of aromatic nitrogens is 2. The normalized spacial score (nSPS) is 10.6. The maximum absolute atomic E-state index is 10.4. The van der Waals surface area contributed by atoms with Crippen LogP contribution in [0.5, 0.6) is 5.88 Å². The lowest BCUT2D eigenvalue weighted by molar-refractivity contribution is -0.137. The molecule has 0 aliphatic heterocycles. The van der Waals surface area contributed by atoms with E-state index in [0.29, 0.717) is 18.2 Å². The van der Waals surface area contributed by atoms with Crippen molar-refractivity contribution in [1.82, 2.24) is 9.97 Å². The maximum Gasteiger partial charge on any atom is 0.303 e. The van der Waals surface area contributed by atoms with Gasteiger partial charge in [0.2, 0.25) is 11.8 Å². The van der Waals surface area contributed by atoms with E-state index >= 15 is 0 Å². The number of nitrogens with one attached hydrogen (secondary N) is 1. The van der Waals surface area contributed by atoms with Crippen molar-refractivity contribution in [3.8, 4) is 5.88 Å². The van der Waals surface area contributed by atoms with Gasteiger partial charge in [0, 0.05) is 24.7 Å². The zero-order chi connectivity index (χ0) is 15.0. The number of ether oxygens (including phenoxy) is 1. The van der Waals surface area contributed by atoms with Crippen LogP contribution in [0.15, 0.2) is 6.07 Å². The topological polar surface area (TPSA) is 84.3 Å². The highest BCUT2D eigenvalue weighted by molar-refractivity contribution is 5.66. The summed E-state index contributed by atoms with van der Waals surface area (Å²) in [6.45, 7) is 6.52. The second kappa shape index (κ2) is 8.35. The molecule has 1 rings (SSSR count). The van der Waals surface area contributed by atoms with Crippen LogP contribution < -0.4 is 10.1 Å². The summed E-state index contributed by atoms with van der Waals surface area (Å²) >= 11 is 0. The lowest BCUT2D eigenvalue weighted by Gasteiger charge is -2.11. The fourth-order valence-corrected chi connectivity index (χ4v) is 1.70. The highest BCUT2D eigenvalue weighted by Gasteiger charge is 2.04. The molecule has 1 heterocycles. The smallest absolute Gasteiger partial charge is 0.303 e. The molecule has 0 spiro atoms. The largest absolute Gasteiger partial charge is 0.481 e. The Morgan fingerprint density at radius 1 is 1.35 bits per heavy atom. The molecule has 0 atom stereocenters. The Morgan fingerprint density at radius 3 is 2.75 bits per heavy atom. The number of hydrogen-bond acceptors (Lipinski definition) is 5. The third-order valence-electron chi connectivity index (χ3n) is 2.54. The first-order valence-corrected chi connectivity index (χ1v) is 6.95. The molecule has 0 amide bonds. The van der Waals surface area contributed by atoms with Crippen molar-refractivity contribution in [1.29, 1.82) is 0 Å². The quantitative estimate of drug-likeness (QED) is 0.677. The molecule has 0 aromatic carbocycles. The van der Waals surface area contributed by atoms with E-state index in [1.165, 1.54) is 0 Å². The number of carbonyl (C=O) groups is 1. The molecule has 0 unspecified atom stereocenters. The van der Waals surface area contributed by atoms with Crippen molar-refractivity contribution >= 4 is 11.9 Å². The van der Waals surface area contributed by atoms with E-state index in [2.05, 4.69) is 15.3 Å². The van der Waals surface area contributed by atoms with Crippen LogP contribution in [0.4, 0.5) is 5.95 Å². The van der Waals surface area contributed by atoms with Gasteiger partial charge in [-0.2, -0.15) is 4.98 Å². The fourth-order valence-electron chi connectivity index (χ4n) is 1.70. The molecule has 1 aromatic heterocycles. The summed E-state index contributed by atoms with van der Waals surface area (Å²) in [6.07, 6.45) is 2.78. The molecule has 20 heavy (non-hydrogen) atoms. The monoisotopic (exact) mass is 281 g/mol. The lowest BCUT2D eigenvalue weighted by Crippen LogP contribution is -2.11. The molecule has 0 aliphatic rings. The molecule has 0 aliphatic carbocycles. The van der Waals surface area contributed by atoms with Crippen molar-refractivity contribution < 1.29 is 14.6 Å². The lowest BCUT2D eigenvalue weighted by atomic mass is 10.2. The number of anilines is 1. The molecular weight excluding hydrogens is 258 g/mol. The number of aryl methyl sites for hydroxylation is 1. The van der Waals surface area contributed by atoms with Crippen LogP contribution in [-0.2, 0) is 4.79 Å². The minimum atomic E-state index is -0.740. The van der Waals surface area contributed by atoms with Gasteiger partial charge in [0.15, 0.2) is 0 Å². The van der Waals surface area contributed by atoms with Crippen molar-refractivity contribution in [2.45, 2.75) is 52.6 Å². The number of hydrogen-bond donors (Lipinski definition) is 2. The number of aliphatic carboxylic acids is 1. The van der Waals surface area contributed by atoms with Gasteiger partial charge in [0.05, 0.1) is 6.10 Å². The first-order chi connectivity index (χ1) is 9.47. The zero-order valence-corrected chi connectivity index (χ0v) is 12.3. The average molecular weight is 281 g/mol. The SMILES string of the molecule is Cc1cc(OC(C)C)nc(NCCCCCC(=O)O)n1. The summed E-state index contributed by atoms with van der Waals surface area (Å²) in [5.74, 6) is 0.384. The van der Waals surface area contributed by atoms with Crippen LogP contribution in [-0.4, -0.2) is 33.7 Å². The fraction of sp³-hybridized carbons (Fsp3) is 0.643. The predicted molar refractivity (Wildman–Crippen MR) is 77.1 cm³/mol. The van der Waals surface area contributed by atoms with E-state index in [-0.39, 0.29) is 12.5 Å². The van der Waals surface area contributed by atoms with E-state index in [9.17, 15) is 4.79 Å². The number of nitrogens with zero attached hydrogens (tertiary/aromatic N) is 2. The van der Waals surface area contributed by atoms with Gasteiger partial charge in [0.1, 0.15) is 0 Å². The Morgan fingerprint density at radius 2 is 2.10 bits per heavy atom. The Kier molecular flexibility index (Phi) is 6.76. The van der Waals surface area contributed by atoms with E-state index in [1.807, 2.05) is 20.8 Å². The number of carboxylic acids is 1. The third kappa shape index (κ3) is 6.92. The van der Waals surface area contributed by atoms with E-state index in [0.717, 1.165) is 25.1 Å². The molecule has 6 nitrogen and oxygen atoms in total. The highest BCUT2D eigenvalue weighted by atomic mass is 16.5. The van der Waals surface area contributed by atoms with Gasteiger partial charge < -0.3 is 15.2 Å². The Bertz CT molecular complexity index is 436. The molecule has 0 saturated carbocycles. The minimum absolute atomic E-state index is 0.0770. The highest BCUT2D eigenvalue weighted by Crippen LogP contribution is 2.13. The van der Waals surface area contributed by atoms with Gasteiger partial charge in [-0.3, -0.25) is 4.79 Å². The molecule has 6 heteroatoms. The number of rotatable bonds is 9. The van der Waals surface area contributed by atoms with Gasteiger partial charge in [-0.1, -0.05) is 6.42 Å². The summed E-state index contributed by atoms with van der Waals surface area (Å²) < 4.78 is 5.55. The molecule has 1 aromatic rings. The summed E-state index contributed by atoms with van der Waals surface area (Å²) in [5, 5.41) is 11.7. The van der Waals surface area contributed by atoms with E-state index < -0.39 is 5.97 Å². The first kappa shape index (κ1) is 16.2. The van der Waals surface area contributed by atoms with Crippen LogP contribution in [0.3, 0.4) is 0 Å². The predicted octanol–water partition coefficient (Wildman–Crippen LogP) is 2.63. The number of unbranched alkanes of at least 4 members (excludes halogenated alkanes) is 2. The van der Waals surface area contributed by atoms with Gasteiger partial charge in [-0.05, 0) is 33.6 Å². The van der Waals surface area contributed by atoms with Crippen LogP contribution in [0, 0.1) is 6.92 Å². The van der Waals surface area contributed by atoms with Gasteiger partial charge in [-0.15, -0.1) is 0 Å². The Balaban J connectivity index is 2.36. The maximum atomic E-state index is 10.4. The molecule has 0 radical (unpaired) electrons. The van der Waals surface area contributed by atoms with Crippen molar-refractivity contribution in [3.63, 3.8) is 0 Å². The van der Waals surface area contributed by atoms with Crippen LogP contribution in [0.25, 0.3) is 0 Å². The molecule has 0 bridgehead atoms. The van der Waals surface area contributed by atoms with E-state index in [1.54, 1.807) is 6.07 Å². The van der Waals surface area contributed by atoms with Crippen molar-refractivity contribution in [2.75, 3.05) is 11.9 Å². The van der Waals surface area contributed by atoms with Gasteiger partial charge >= 0.3 is 5.97 Å². The molecule has 112 valence electrons. The van der Waals surface area contributed by atoms with Crippen LogP contribution >= 0.6 is 0 Å². The molecule has 2 N–H and O–H groups in total. The molecule has 0 fully saturated rings. The summed E-state index contributed by atoms with van der Waals surface area (Å²) in [7, 11) is 0.